The molecule has 0 heterocycles. The van der Waals surface area contributed by atoms with Gasteiger partial charge in [0, 0.05) is 12.8 Å². The summed E-state index contributed by atoms with van der Waals surface area (Å²) in [6.07, 6.45) is 1.67. The lowest BCUT2D eigenvalue weighted by atomic mass is 10.1. The molecule has 7 heteroatoms. The van der Waals surface area contributed by atoms with Crippen LogP contribution in [0.3, 0.4) is 0 Å². The molecular formula is C17H18ClNO4S. The maximum Gasteiger partial charge on any atom is 0.252 e. The van der Waals surface area contributed by atoms with Gasteiger partial charge in [0.05, 0.1) is 22.6 Å². The Hall–Kier alpha value is -2.05. The van der Waals surface area contributed by atoms with Crippen LogP contribution < -0.4 is 10.1 Å². The number of benzene rings is 2. The normalized spacial score (nSPS) is 11.1. The smallest absolute Gasteiger partial charge is 0.252 e. The monoisotopic (exact) mass is 367 g/mol. The van der Waals surface area contributed by atoms with Gasteiger partial charge in [0.1, 0.15) is 5.75 Å². The van der Waals surface area contributed by atoms with Gasteiger partial charge >= 0.3 is 0 Å². The minimum atomic E-state index is -3.40. The highest BCUT2D eigenvalue weighted by molar-refractivity contribution is 7.90. The average molecular weight is 368 g/mol. The maximum absolute atomic E-state index is 12.3. The summed E-state index contributed by atoms with van der Waals surface area (Å²) >= 11 is 6.01. The first-order valence-electron chi connectivity index (χ1n) is 7.22. The molecule has 0 aliphatic carbocycles. The Morgan fingerprint density at radius 3 is 2.58 bits per heavy atom. The van der Waals surface area contributed by atoms with Gasteiger partial charge in [-0.3, -0.25) is 4.79 Å². The predicted molar refractivity (Wildman–Crippen MR) is 93.6 cm³/mol. The van der Waals surface area contributed by atoms with Crippen molar-refractivity contribution < 1.29 is 17.9 Å². The van der Waals surface area contributed by atoms with Gasteiger partial charge in [0.15, 0.2) is 9.84 Å². The van der Waals surface area contributed by atoms with Crippen molar-refractivity contribution in [2.75, 3.05) is 19.9 Å². The predicted octanol–water partition coefficient (Wildman–Crippen LogP) is 2.72. The highest BCUT2D eigenvalue weighted by Crippen LogP contribution is 2.21. The number of para-hydroxylation sites is 1. The zero-order valence-corrected chi connectivity index (χ0v) is 14.9. The topological polar surface area (TPSA) is 72.5 Å². The molecule has 1 N–H and O–H groups in total. The molecule has 0 fully saturated rings. The number of sulfone groups is 1. The molecule has 24 heavy (non-hydrogen) atoms. The van der Waals surface area contributed by atoms with Crippen LogP contribution in [0.1, 0.15) is 15.9 Å². The van der Waals surface area contributed by atoms with E-state index in [2.05, 4.69) is 5.32 Å². The summed E-state index contributed by atoms with van der Waals surface area (Å²) in [7, 11) is -1.81. The lowest BCUT2D eigenvalue weighted by Crippen LogP contribution is -2.26. The van der Waals surface area contributed by atoms with Crippen molar-refractivity contribution >= 4 is 27.3 Å². The highest BCUT2D eigenvalue weighted by Gasteiger charge is 2.15. The number of ether oxygens (including phenoxy) is 1. The number of halogens is 1. The summed E-state index contributed by atoms with van der Waals surface area (Å²) in [6.45, 7) is 0.374. The number of rotatable bonds is 6. The molecule has 0 aliphatic rings. The van der Waals surface area contributed by atoms with Crippen molar-refractivity contribution in [1.82, 2.24) is 5.32 Å². The largest absolute Gasteiger partial charge is 0.496 e. The van der Waals surface area contributed by atoms with Crippen LogP contribution in [0.5, 0.6) is 5.75 Å². The van der Waals surface area contributed by atoms with Crippen molar-refractivity contribution in [3.63, 3.8) is 0 Å². The van der Waals surface area contributed by atoms with Gasteiger partial charge < -0.3 is 10.1 Å². The van der Waals surface area contributed by atoms with E-state index in [1.54, 1.807) is 7.11 Å². The van der Waals surface area contributed by atoms with Crippen LogP contribution in [0.25, 0.3) is 0 Å². The first-order valence-corrected chi connectivity index (χ1v) is 9.49. The third-order valence-electron chi connectivity index (χ3n) is 3.48. The van der Waals surface area contributed by atoms with Gasteiger partial charge in [-0.25, -0.2) is 8.42 Å². The standard InChI is InChI=1S/C17H18ClNO4S/c1-23-16-6-4-3-5-12(16)9-10-19-17(20)14-11-13(24(2,21)22)7-8-15(14)18/h3-8,11H,9-10H2,1-2H3,(H,19,20). The number of carbonyl (C=O) groups is 1. The van der Waals surface area contributed by atoms with E-state index in [1.165, 1.54) is 18.2 Å². The molecule has 0 atom stereocenters. The summed E-state index contributed by atoms with van der Waals surface area (Å²) in [5, 5.41) is 2.95. The number of nitrogens with one attached hydrogen (secondary N) is 1. The van der Waals surface area contributed by atoms with Crippen LogP contribution in [0, 0.1) is 0 Å². The second-order valence-corrected chi connectivity index (χ2v) is 7.65. The maximum atomic E-state index is 12.3. The second-order valence-electron chi connectivity index (χ2n) is 5.23. The number of hydrogen-bond acceptors (Lipinski definition) is 4. The Kier molecular flexibility index (Phi) is 5.85. The molecule has 2 aromatic rings. The van der Waals surface area contributed by atoms with E-state index < -0.39 is 15.7 Å². The molecule has 0 saturated carbocycles. The SMILES string of the molecule is COc1ccccc1CCNC(=O)c1cc(S(C)(=O)=O)ccc1Cl. The zero-order chi connectivity index (χ0) is 17.7. The van der Waals surface area contributed by atoms with Gasteiger partial charge in [-0.05, 0) is 36.2 Å². The van der Waals surface area contributed by atoms with Gasteiger partial charge in [-0.15, -0.1) is 0 Å². The van der Waals surface area contributed by atoms with Gasteiger partial charge in [-0.2, -0.15) is 0 Å². The Bertz CT molecular complexity index is 849. The van der Waals surface area contributed by atoms with Gasteiger partial charge in [0.25, 0.3) is 5.91 Å². The van der Waals surface area contributed by atoms with E-state index in [0.717, 1.165) is 17.6 Å². The molecule has 0 radical (unpaired) electrons. The van der Waals surface area contributed by atoms with Crippen LogP contribution in [-0.4, -0.2) is 34.2 Å². The molecule has 2 rings (SSSR count). The molecular weight excluding hydrogens is 350 g/mol. The van der Waals surface area contributed by atoms with Crippen LogP contribution in [0.4, 0.5) is 0 Å². The third kappa shape index (κ3) is 4.49. The quantitative estimate of drug-likeness (QED) is 0.852. The summed E-state index contributed by atoms with van der Waals surface area (Å²) in [5.41, 5.74) is 1.11. The minimum Gasteiger partial charge on any atom is -0.496 e. The summed E-state index contributed by atoms with van der Waals surface area (Å²) in [6, 6.07) is 11.6. The highest BCUT2D eigenvalue weighted by atomic mass is 35.5. The number of amides is 1. The Morgan fingerprint density at radius 2 is 1.92 bits per heavy atom. The molecule has 2 aromatic carbocycles. The van der Waals surface area contributed by atoms with Crippen molar-refractivity contribution in [2.45, 2.75) is 11.3 Å². The fraction of sp³-hybridized carbons (Fsp3) is 0.235. The summed E-state index contributed by atoms with van der Waals surface area (Å²) < 4.78 is 28.5. The first-order chi connectivity index (χ1) is 11.3. The van der Waals surface area contributed by atoms with E-state index in [4.69, 9.17) is 16.3 Å². The first kappa shape index (κ1) is 18.3. The van der Waals surface area contributed by atoms with Crippen LogP contribution in [0.2, 0.25) is 5.02 Å². The molecule has 0 aromatic heterocycles. The third-order valence-corrected chi connectivity index (χ3v) is 4.92. The number of carbonyl (C=O) groups excluding carboxylic acids is 1. The molecule has 0 aliphatic heterocycles. The van der Waals surface area contributed by atoms with Crippen LogP contribution >= 0.6 is 11.6 Å². The van der Waals surface area contributed by atoms with E-state index in [0.29, 0.717) is 13.0 Å². The lowest BCUT2D eigenvalue weighted by Gasteiger charge is -2.10. The Balaban J connectivity index is 2.08. The van der Waals surface area contributed by atoms with E-state index in [-0.39, 0.29) is 15.5 Å². The van der Waals surface area contributed by atoms with Gasteiger partial charge in [-0.1, -0.05) is 29.8 Å². The molecule has 0 spiro atoms. The second kappa shape index (κ2) is 7.68. The van der Waals surface area contributed by atoms with E-state index >= 15 is 0 Å². The molecule has 1 amide bonds. The molecule has 0 bridgehead atoms. The Labute approximate surface area is 146 Å². The van der Waals surface area contributed by atoms with E-state index in [9.17, 15) is 13.2 Å². The van der Waals surface area contributed by atoms with Crippen molar-refractivity contribution in [2.24, 2.45) is 0 Å². The van der Waals surface area contributed by atoms with Gasteiger partial charge in [0.2, 0.25) is 0 Å². The van der Waals surface area contributed by atoms with Crippen molar-refractivity contribution in [3.05, 3.63) is 58.6 Å². The number of methoxy groups -OCH3 is 1. The average Bonchev–Trinajstić information content (AvgIpc) is 2.54. The van der Waals surface area contributed by atoms with Crippen LogP contribution in [0.15, 0.2) is 47.4 Å². The van der Waals surface area contributed by atoms with E-state index in [1.807, 2.05) is 24.3 Å². The molecule has 0 saturated heterocycles. The zero-order valence-electron chi connectivity index (χ0n) is 13.4. The van der Waals surface area contributed by atoms with Crippen LogP contribution in [-0.2, 0) is 16.3 Å². The molecule has 128 valence electrons. The minimum absolute atomic E-state index is 0.0572. The fourth-order valence-electron chi connectivity index (χ4n) is 2.22. The van der Waals surface area contributed by atoms with Crippen molar-refractivity contribution in [1.29, 1.82) is 0 Å². The fourth-order valence-corrected chi connectivity index (χ4v) is 3.07. The summed E-state index contributed by atoms with van der Waals surface area (Å²) in [5.74, 6) is 0.337. The summed E-state index contributed by atoms with van der Waals surface area (Å²) in [4.78, 5) is 12.3. The van der Waals surface area contributed by atoms with Crippen molar-refractivity contribution in [3.8, 4) is 5.75 Å². The lowest BCUT2D eigenvalue weighted by molar-refractivity contribution is 0.0954. The Morgan fingerprint density at radius 1 is 1.21 bits per heavy atom. The molecule has 5 nitrogen and oxygen atoms in total. The molecule has 0 unspecified atom stereocenters. The number of hydrogen-bond donors (Lipinski definition) is 1.